The Kier molecular flexibility index (Phi) is 5.48. The fourth-order valence-electron chi connectivity index (χ4n) is 3.73. The lowest BCUT2D eigenvalue weighted by Crippen LogP contribution is -2.29. The SMILES string of the molecule is Cc1cc2nc(-c3cncn3C)cc(OCCN3CCCC3=O)c2cc1/C=C/C#N. The molecule has 1 saturated heterocycles. The third kappa shape index (κ3) is 3.90. The molecule has 1 aliphatic rings. The maximum absolute atomic E-state index is 11.9. The molecule has 0 spiro atoms. The molecule has 1 aliphatic heterocycles. The Hall–Kier alpha value is -3.66. The average Bonchev–Trinajstić information content (AvgIpc) is 3.34. The molecule has 0 aliphatic carbocycles. The number of ether oxygens (including phenoxy) is 1. The summed E-state index contributed by atoms with van der Waals surface area (Å²) in [5.74, 6) is 0.891. The van der Waals surface area contributed by atoms with Gasteiger partial charge in [0, 0.05) is 37.5 Å². The van der Waals surface area contributed by atoms with E-state index in [1.54, 1.807) is 18.6 Å². The van der Waals surface area contributed by atoms with Gasteiger partial charge in [-0.1, -0.05) is 0 Å². The van der Waals surface area contributed by atoms with E-state index in [-0.39, 0.29) is 5.91 Å². The van der Waals surface area contributed by atoms with Gasteiger partial charge in [-0.15, -0.1) is 0 Å². The van der Waals surface area contributed by atoms with Crippen LogP contribution in [0.15, 0.2) is 36.8 Å². The Bertz CT molecular complexity index is 1170. The zero-order chi connectivity index (χ0) is 21.1. The topological polar surface area (TPSA) is 84.0 Å². The first-order valence-corrected chi connectivity index (χ1v) is 9.95. The second-order valence-corrected chi connectivity index (χ2v) is 7.42. The average molecular weight is 401 g/mol. The lowest BCUT2D eigenvalue weighted by Gasteiger charge is -2.17. The molecule has 7 nitrogen and oxygen atoms in total. The molecule has 152 valence electrons. The highest BCUT2D eigenvalue weighted by Crippen LogP contribution is 2.32. The van der Waals surface area contributed by atoms with Crippen LogP contribution in [0.4, 0.5) is 0 Å². The molecule has 0 N–H and O–H groups in total. The Morgan fingerprint density at radius 2 is 2.20 bits per heavy atom. The summed E-state index contributed by atoms with van der Waals surface area (Å²) >= 11 is 0. The Balaban J connectivity index is 1.73. The van der Waals surface area contributed by atoms with E-state index in [1.807, 2.05) is 47.7 Å². The van der Waals surface area contributed by atoms with Crippen LogP contribution in [0.25, 0.3) is 28.4 Å². The maximum atomic E-state index is 11.9. The quantitative estimate of drug-likeness (QED) is 0.591. The van der Waals surface area contributed by atoms with Crippen molar-refractivity contribution in [3.05, 3.63) is 47.9 Å². The Labute approximate surface area is 175 Å². The third-order valence-electron chi connectivity index (χ3n) is 5.37. The molecule has 30 heavy (non-hydrogen) atoms. The van der Waals surface area contributed by atoms with Gasteiger partial charge in [0.05, 0.1) is 42.0 Å². The van der Waals surface area contributed by atoms with E-state index in [1.165, 1.54) is 6.08 Å². The van der Waals surface area contributed by atoms with Gasteiger partial charge in [-0.25, -0.2) is 9.97 Å². The summed E-state index contributed by atoms with van der Waals surface area (Å²) in [6, 6.07) is 7.95. The molecule has 4 rings (SSSR count). The first-order chi connectivity index (χ1) is 14.6. The summed E-state index contributed by atoms with van der Waals surface area (Å²) in [5, 5.41) is 9.75. The molecule has 0 saturated carbocycles. The molecular formula is C23H23N5O2. The highest BCUT2D eigenvalue weighted by molar-refractivity contribution is 5.90. The monoisotopic (exact) mass is 401 g/mol. The fourth-order valence-corrected chi connectivity index (χ4v) is 3.73. The fraction of sp³-hybridized carbons (Fsp3) is 0.304. The van der Waals surface area contributed by atoms with Crippen LogP contribution in [0.5, 0.6) is 5.75 Å². The van der Waals surface area contributed by atoms with Gasteiger partial charge in [0.25, 0.3) is 0 Å². The normalized spacial score (nSPS) is 14.0. The summed E-state index contributed by atoms with van der Waals surface area (Å²) in [4.78, 5) is 22.7. The minimum absolute atomic E-state index is 0.188. The van der Waals surface area contributed by atoms with Crippen LogP contribution in [0.3, 0.4) is 0 Å². The van der Waals surface area contributed by atoms with E-state index in [2.05, 4.69) is 4.98 Å². The number of pyridine rings is 1. The number of allylic oxidation sites excluding steroid dienone is 1. The molecule has 1 fully saturated rings. The van der Waals surface area contributed by atoms with Gasteiger partial charge in [-0.05, 0) is 42.7 Å². The molecule has 1 aromatic carbocycles. The number of fused-ring (bicyclic) bond motifs is 1. The lowest BCUT2D eigenvalue weighted by molar-refractivity contribution is -0.128. The minimum Gasteiger partial charge on any atom is -0.491 e. The van der Waals surface area contributed by atoms with Crippen molar-refractivity contribution < 1.29 is 9.53 Å². The largest absolute Gasteiger partial charge is 0.491 e. The Morgan fingerprint density at radius 1 is 1.33 bits per heavy atom. The zero-order valence-corrected chi connectivity index (χ0v) is 17.1. The van der Waals surface area contributed by atoms with Gasteiger partial charge < -0.3 is 14.2 Å². The van der Waals surface area contributed by atoms with E-state index < -0.39 is 0 Å². The van der Waals surface area contributed by atoms with E-state index >= 15 is 0 Å². The number of nitriles is 1. The highest BCUT2D eigenvalue weighted by atomic mass is 16.5. The molecule has 0 unspecified atom stereocenters. The number of hydrogen-bond donors (Lipinski definition) is 0. The predicted octanol–water partition coefficient (Wildman–Crippen LogP) is 3.48. The first-order valence-electron chi connectivity index (χ1n) is 9.95. The van der Waals surface area contributed by atoms with Gasteiger partial charge in [0.2, 0.25) is 5.91 Å². The number of aryl methyl sites for hydroxylation is 2. The molecule has 3 aromatic rings. The van der Waals surface area contributed by atoms with E-state index in [4.69, 9.17) is 15.0 Å². The maximum Gasteiger partial charge on any atom is 0.222 e. The molecule has 2 aromatic heterocycles. The van der Waals surface area contributed by atoms with E-state index in [0.717, 1.165) is 46.4 Å². The minimum atomic E-state index is 0.188. The number of carbonyl (C=O) groups excluding carboxylic acids is 1. The molecular weight excluding hydrogens is 378 g/mol. The van der Waals surface area contributed by atoms with Crippen LogP contribution in [0.2, 0.25) is 0 Å². The number of likely N-dealkylation sites (tertiary alicyclic amines) is 1. The summed E-state index contributed by atoms with van der Waals surface area (Å²) in [6.45, 7) is 3.76. The number of amides is 1. The van der Waals surface area contributed by atoms with Gasteiger partial charge in [0.1, 0.15) is 12.4 Å². The summed E-state index contributed by atoms with van der Waals surface area (Å²) in [7, 11) is 1.93. The summed E-state index contributed by atoms with van der Waals surface area (Å²) < 4.78 is 8.07. The molecule has 7 heteroatoms. The van der Waals surface area contributed by atoms with Crippen molar-refractivity contribution >= 4 is 22.9 Å². The van der Waals surface area contributed by atoms with Crippen LogP contribution >= 0.6 is 0 Å². The third-order valence-corrected chi connectivity index (χ3v) is 5.37. The molecule has 0 atom stereocenters. The standard InChI is InChI=1S/C23H23N5O2/c1-16-11-19-18(12-17(16)5-3-7-24)22(30-10-9-28-8-4-6-23(28)29)13-20(26-19)21-14-25-15-27(21)2/h3,5,11-15H,4,6,8-10H2,1-2H3/b5-3+. The number of benzene rings is 1. The Morgan fingerprint density at radius 3 is 2.90 bits per heavy atom. The van der Waals surface area contributed by atoms with Crippen molar-refractivity contribution in [2.24, 2.45) is 7.05 Å². The van der Waals surface area contributed by atoms with Crippen molar-refractivity contribution in [3.63, 3.8) is 0 Å². The summed E-state index contributed by atoms with van der Waals surface area (Å²) in [6.07, 6.45) is 8.30. The van der Waals surface area contributed by atoms with E-state index in [0.29, 0.717) is 25.3 Å². The van der Waals surface area contributed by atoms with Crippen LogP contribution < -0.4 is 4.74 Å². The number of nitrogens with zero attached hydrogens (tertiary/aromatic N) is 5. The van der Waals surface area contributed by atoms with Crippen molar-refractivity contribution in [2.75, 3.05) is 19.7 Å². The van der Waals surface area contributed by atoms with Gasteiger partial charge in [0.15, 0.2) is 0 Å². The molecule has 3 heterocycles. The highest BCUT2D eigenvalue weighted by Gasteiger charge is 2.20. The van der Waals surface area contributed by atoms with E-state index in [9.17, 15) is 4.79 Å². The number of rotatable bonds is 6. The number of hydrogen-bond acceptors (Lipinski definition) is 5. The van der Waals surface area contributed by atoms with Crippen molar-refractivity contribution in [1.29, 1.82) is 5.26 Å². The van der Waals surface area contributed by atoms with Crippen molar-refractivity contribution in [1.82, 2.24) is 19.4 Å². The van der Waals surface area contributed by atoms with Crippen molar-refractivity contribution in [3.8, 4) is 23.2 Å². The predicted molar refractivity (Wildman–Crippen MR) is 115 cm³/mol. The second-order valence-electron chi connectivity index (χ2n) is 7.42. The van der Waals surface area contributed by atoms with Gasteiger partial charge >= 0.3 is 0 Å². The number of carbonyl (C=O) groups is 1. The van der Waals surface area contributed by atoms with Crippen LogP contribution in [0.1, 0.15) is 24.0 Å². The van der Waals surface area contributed by atoms with Crippen LogP contribution in [-0.4, -0.2) is 45.0 Å². The smallest absolute Gasteiger partial charge is 0.222 e. The second kappa shape index (κ2) is 8.37. The summed E-state index contributed by atoms with van der Waals surface area (Å²) in [5.41, 5.74) is 4.44. The molecule has 1 amide bonds. The molecule has 0 bridgehead atoms. The van der Waals surface area contributed by atoms with Crippen molar-refractivity contribution in [2.45, 2.75) is 19.8 Å². The molecule has 0 radical (unpaired) electrons. The number of imidazole rings is 1. The van der Waals surface area contributed by atoms with Crippen LogP contribution in [0, 0.1) is 18.3 Å². The van der Waals surface area contributed by atoms with Gasteiger partial charge in [-0.3, -0.25) is 4.79 Å². The van der Waals surface area contributed by atoms with Crippen LogP contribution in [-0.2, 0) is 11.8 Å². The first kappa shape index (κ1) is 19.6. The zero-order valence-electron chi connectivity index (χ0n) is 17.1. The van der Waals surface area contributed by atoms with Gasteiger partial charge in [-0.2, -0.15) is 5.26 Å². The number of aromatic nitrogens is 3. The lowest BCUT2D eigenvalue weighted by atomic mass is 10.0.